The van der Waals surface area contributed by atoms with Crippen LogP contribution in [0.25, 0.3) is 5.69 Å². The second kappa shape index (κ2) is 6.02. The second-order valence-electron chi connectivity index (χ2n) is 6.45. The highest BCUT2D eigenvalue weighted by atomic mass is 19.1. The number of ether oxygens (including phenoxy) is 1. The fourth-order valence-corrected chi connectivity index (χ4v) is 3.56. The molecule has 0 radical (unpaired) electrons. The smallest absolute Gasteiger partial charge is 0.274 e. The van der Waals surface area contributed by atoms with E-state index < -0.39 is 0 Å². The Balaban J connectivity index is 1.70. The molecule has 24 heavy (non-hydrogen) atoms. The van der Waals surface area contributed by atoms with Gasteiger partial charge < -0.3 is 9.64 Å². The zero-order chi connectivity index (χ0) is 16.7. The Labute approximate surface area is 140 Å². The Morgan fingerprint density at radius 1 is 1.29 bits per heavy atom. The van der Waals surface area contributed by atoms with Crippen molar-refractivity contribution in [3.05, 3.63) is 47.0 Å². The average molecular weight is 329 g/mol. The molecule has 2 aliphatic rings. The summed E-state index contributed by atoms with van der Waals surface area (Å²) in [5.74, 6) is -0.301. The van der Waals surface area contributed by atoms with E-state index in [2.05, 4.69) is 5.10 Å². The van der Waals surface area contributed by atoms with Crippen LogP contribution in [0.4, 0.5) is 4.39 Å². The molecule has 0 saturated carbocycles. The summed E-state index contributed by atoms with van der Waals surface area (Å²) in [4.78, 5) is 14.8. The SMILES string of the molecule is C[C@@H]1CN(C(=O)c2nn(-c3ccc(F)cc3)c3c2CCC3)CCO1. The van der Waals surface area contributed by atoms with Gasteiger partial charge >= 0.3 is 0 Å². The summed E-state index contributed by atoms with van der Waals surface area (Å²) in [6.07, 6.45) is 2.84. The molecule has 1 aromatic heterocycles. The summed E-state index contributed by atoms with van der Waals surface area (Å²) in [6.45, 7) is 3.73. The number of aromatic nitrogens is 2. The maximum Gasteiger partial charge on any atom is 0.274 e. The lowest BCUT2D eigenvalue weighted by atomic mass is 10.1. The summed E-state index contributed by atoms with van der Waals surface area (Å²) < 4.78 is 20.5. The minimum absolute atomic E-state index is 0.0239. The lowest BCUT2D eigenvalue weighted by molar-refractivity contribution is -0.0126. The van der Waals surface area contributed by atoms with Crippen molar-refractivity contribution in [2.45, 2.75) is 32.3 Å². The normalized spacial score (nSPS) is 20.2. The first-order valence-corrected chi connectivity index (χ1v) is 8.41. The Bertz CT molecular complexity index is 769. The number of morpholine rings is 1. The molecule has 6 heteroatoms. The van der Waals surface area contributed by atoms with Crippen LogP contribution in [0.15, 0.2) is 24.3 Å². The van der Waals surface area contributed by atoms with Crippen LogP contribution in [0.3, 0.4) is 0 Å². The molecule has 0 bridgehead atoms. The predicted octanol–water partition coefficient (Wildman–Crippen LogP) is 2.36. The molecule has 0 unspecified atom stereocenters. The number of rotatable bonds is 2. The minimum Gasteiger partial charge on any atom is -0.375 e. The van der Waals surface area contributed by atoms with E-state index in [1.54, 1.807) is 16.8 Å². The molecule has 1 saturated heterocycles. The molecule has 1 aromatic carbocycles. The molecule has 1 aliphatic heterocycles. The van der Waals surface area contributed by atoms with Gasteiger partial charge in [0.15, 0.2) is 5.69 Å². The lowest BCUT2D eigenvalue weighted by Gasteiger charge is -2.30. The summed E-state index contributed by atoms with van der Waals surface area (Å²) in [7, 11) is 0. The molecule has 2 aromatic rings. The molecule has 1 fully saturated rings. The van der Waals surface area contributed by atoms with Crippen LogP contribution in [0, 0.1) is 5.82 Å². The first kappa shape index (κ1) is 15.3. The third-order valence-corrected chi connectivity index (χ3v) is 4.73. The number of hydrogen-bond donors (Lipinski definition) is 0. The Hall–Kier alpha value is -2.21. The standard InChI is InChI=1S/C18H20FN3O2/c1-12-11-21(9-10-24-12)18(23)17-15-3-2-4-16(15)22(20-17)14-7-5-13(19)6-8-14/h5-8,12H,2-4,9-11H2,1H3/t12-/m1/s1. The highest BCUT2D eigenvalue weighted by Gasteiger charge is 2.31. The van der Waals surface area contributed by atoms with Gasteiger partial charge in [-0.1, -0.05) is 0 Å². The van der Waals surface area contributed by atoms with E-state index in [0.717, 1.165) is 36.2 Å². The van der Waals surface area contributed by atoms with Gasteiger partial charge in [-0.15, -0.1) is 0 Å². The molecular weight excluding hydrogens is 309 g/mol. The quantitative estimate of drug-likeness (QED) is 0.850. The summed E-state index contributed by atoms with van der Waals surface area (Å²) in [6, 6.07) is 6.24. The number of carbonyl (C=O) groups excluding carboxylic acids is 1. The van der Waals surface area contributed by atoms with Gasteiger partial charge in [0.05, 0.1) is 18.4 Å². The van der Waals surface area contributed by atoms with Crippen LogP contribution in [0.5, 0.6) is 0 Å². The van der Waals surface area contributed by atoms with E-state index in [1.165, 1.54) is 12.1 Å². The zero-order valence-corrected chi connectivity index (χ0v) is 13.7. The molecule has 5 nitrogen and oxygen atoms in total. The number of fused-ring (bicyclic) bond motifs is 1. The first-order valence-electron chi connectivity index (χ1n) is 8.41. The largest absolute Gasteiger partial charge is 0.375 e. The topological polar surface area (TPSA) is 47.4 Å². The van der Waals surface area contributed by atoms with Gasteiger partial charge in [0.25, 0.3) is 5.91 Å². The molecule has 2 heterocycles. The molecular formula is C18H20FN3O2. The number of halogens is 1. The first-order chi connectivity index (χ1) is 11.6. The number of benzene rings is 1. The van der Waals surface area contributed by atoms with Crippen molar-refractivity contribution < 1.29 is 13.9 Å². The van der Waals surface area contributed by atoms with Crippen LogP contribution in [0.1, 0.15) is 35.1 Å². The van der Waals surface area contributed by atoms with Crippen molar-refractivity contribution in [1.82, 2.24) is 14.7 Å². The van der Waals surface area contributed by atoms with Crippen LogP contribution < -0.4 is 0 Å². The van der Waals surface area contributed by atoms with Crippen molar-refractivity contribution in [3.63, 3.8) is 0 Å². The average Bonchev–Trinajstić information content (AvgIpc) is 3.17. The second-order valence-corrected chi connectivity index (χ2v) is 6.45. The molecule has 4 rings (SSSR count). The Morgan fingerprint density at radius 3 is 2.83 bits per heavy atom. The molecule has 0 N–H and O–H groups in total. The van der Waals surface area contributed by atoms with Crippen LogP contribution in [0.2, 0.25) is 0 Å². The van der Waals surface area contributed by atoms with E-state index in [0.29, 0.717) is 25.4 Å². The minimum atomic E-state index is -0.277. The Kier molecular flexibility index (Phi) is 3.84. The third-order valence-electron chi connectivity index (χ3n) is 4.73. The van der Waals surface area contributed by atoms with Crippen molar-refractivity contribution in [2.24, 2.45) is 0 Å². The molecule has 1 atom stereocenters. The van der Waals surface area contributed by atoms with Gasteiger partial charge in [0, 0.05) is 24.3 Å². The third kappa shape index (κ3) is 2.60. The highest BCUT2D eigenvalue weighted by molar-refractivity contribution is 5.94. The van der Waals surface area contributed by atoms with Gasteiger partial charge in [0.1, 0.15) is 5.82 Å². The molecule has 1 amide bonds. The predicted molar refractivity (Wildman–Crippen MR) is 86.9 cm³/mol. The summed E-state index contributed by atoms with van der Waals surface area (Å²) in [5.41, 5.74) is 3.46. The van der Waals surface area contributed by atoms with Gasteiger partial charge in [-0.3, -0.25) is 4.79 Å². The molecule has 126 valence electrons. The van der Waals surface area contributed by atoms with Gasteiger partial charge in [-0.05, 0) is 50.5 Å². The maximum absolute atomic E-state index is 13.2. The van der Waals surface area contributed by atoms with E-state index in [1.807, 2.05) is 11.8 Å². The Morgan fingerprint density at radius 2 is 2.08 bits per heavy atom. The van der Waals surface area contributed by atoms with Gasteiger partial charge in [-0.2, -0.15) is 5.10 Å². The number of amides is 1. The molecule has 0 spiro atoms. The van der Waals surface area contributed by atoms with Gasteiger partial charge in [0.2, 0.25) is 0 Å². The van der Waals surface area contributed by atoms with Gasteiger partial charge in [-0.25, -0.2) is 9.07 Å². The van der Waals surface area contributed by atoms with E-state index in [9.17, 15) is 9.18 Å². The summed E-state index contributed by atoms with van der Waals surface area (Å²) in [5, 5.41) is 4.59. The fourth-order valence-electron chi connectivity index (χ4n) is 3.56. The van der Waals surface area contributed by atoms with Crippen molar-refractivity contribution in [1.29, 1.82) is 0 Å². The lowest BCUT2D eigenvalue weighted by Crippen LogP contribution is -2.44. The monoisotopic (exact) mass is 329 g/mol. The van der Waals surface area contributed by atoms with E-state index in [4.69, 9.17) is 4.74 Å². The summed E-state index contributed by atoms with van der Waals surface area (Å²) >= 11 is 0. The number of hydrogen-bond acceptors (Lipinski definition) is 3. The van der Waals surface area contributed by atoms with Crippen molar-refractivity contribution in [2.75, 3.05) is 19.7 Å². The molecule has 1 aliphatic carbocycles. The maximum atomic E-state index is 13.2. The number of carbonyl (C=O) groups is 1. The van der Waals surface area contributed by atoms with Crippen molar-refractivity contribution >= 4 is 5.91 Å². The highest BCUT2D eigenvalue weighted by Crippen LogP contribution is 2.29. The van der Waals surface area contributed by atoms with Crippen LogP contribution >= 0.6 is 0 Å². The zero-order valence-electron chi connectivity index (χ0n) is 13.7. The number of nitrogens with zero attached hydrogens (tertiary/aromatic N) is 3. The van der Waals surface area contributed by atoms with Crippen molar-refractivity contribution in [3.8, 4) is 5.69 Å². The fraction of sp³-hybridized carbons (Fsp3) is 0.444. The van der Waals surface area contributed by atoms with Crippen LogP contribution in [-0.4, -0.2) is 46.4 Å². The van der Waals surface area contributed by atoms with E-state index >= 15 is 0 Å². The van der Waals surface area contributed by atoms with E-state index in [-0.39, 0.29) is 17.8 Å². The van der Waals surface area contributed by atoms with Crippen LogP contribution in [-0.2, 0) is 17.6 Å².